The van der Waals surface area contributed by atoms with E-state index in [1.54, 1.807) is 18.8 Å². The summed E-state index contributed by atoms with van der Waals surface area (Å²) in [6, 6.07) is 10.4. The highest BCUT2D eigenvalue weighted by Gasteiger charge is 2.23. The zero-order valence-electron chi connectivity index (χ0n) is 20.6. The van der Waals surface area contributed by atoms with Crippen molar-refractivity contribution in [1.82, 2.24) is 9.55 Å². The fraction of sp³-hybridized carbons (Fsp3) is 0.407. The summed E-state index contributed by atoms with van der Waals surface area (Å²) < 4.78 is 12.7. The summed E-state index contributed by atoms with van der Waals surface area (Å²) in [6.07, 6.45) is 0.740. The molecule has 0 unspecified atom stereocenters. The number of benzene rings is 2. The van der Waals surface area contributed by atoms with Crippen LogP contribution in [0, 0.1) is 6.92 Å². The zero-order chi connectivity index (χ0) is 23.9. The van der Waals surface area contributed by atoms with Crippen LogP contribution in [0.1, 0.15) is 61.8 Å². The van der Waals surface area contributed by atoms with Gasteiger partial charge in [0.15, 0.2) is 11.5 Å². The molecule has 0 saturated carbocycles. The third-order valence-corrected chi connectivity index (χ3v) is 6.34. The third kappa shape index (κ3) is 4.22. The Labute approximate surface area is 195 Å². The van der Waals surface area contributed by atoms with Crippen molar-refractivity contribution >= 4 is 11.5 Å². The smallest absolute Gasteiger partial charge is 0.350 e. The largest absolute Gasteiger partial charge is 0.493 e. The van der Waals surface area contributed by atoms with E-state index in [1.807, 2.05) is 18.2 Å². The van der Waals surface area contributed by atoms with E-state index in [2.05, 4.69) is 57.1 Å². The van der Waals surface area contributed by atoms with Crippen LogP contribution >= 0.6 is 0 Å². The second-order valence-electron chi connectivity index (χ2n) is 9.33. The second kappa shape index (κ2) is 8.93. The van der Waals surface area contributed by atoms with E-state index in [4.69, 9.17) is 9.47 Å². The van der Waals surface area contributed by atoms with Crippen molar-refractivity contribution in [2.24, 2.45) is 0 Å². The van der Waals surface area contributed by atoms with Crippen LogP contribution in [0.15, 0.2) is 35.1 Å². The second-order valence-corrected chi connectivity index (χ2v) is 9.33. The van der Waals surface area contributed by atoms with Crippen molar-refractivity contribution in [3.8, 4) is 22.8 Å². The van der Waals surface area contributed by atoms with Crippen LogP contribution in [0.3, 0.4) is 0 Å². The van der Waals surface area contributed by atoms with Gasteiger partial charge in [-0.2, -0.15) is 4.98 Å². The molecule has 0 fully saturated rings. The number of nitrogens with zero attached hydrogens (tertiary/aromatic N) is 2. The fourth-order valence-electron chi connectivity index (χ4n) is 4.63. The Balaban J connectivity index is 1.86. The summed E-state index contributed by atoms with van der Waals surface area (Å²) >= 11 is 0. The van der Waals surface area contributed by atoms with Gasteiger partial charge < -0.3 is 14.8 Å². The van der Waals surface area contributed by atoms with E-state index in [0.717, 1.165) is 28.9 Å². The number of methoxy groups -OCH3 is 2. The van der Waals surface area contributed by atoms with Crippen molar-refractivity contribution in [2.45, 2.75) is 59.4 Å². The zero-order valence-corrected chi connectivity index (χ0v) is 20.6. The normalized spacial score (nSPS) is 12.5. The Morgan fingerprint density at radius 2 is 1.55 bits per heavy atom. The lowest BCUT2D eigenvalue weighted by molar-refractivity contribution is 0.354. The van der Waals surface area contributed by atoms with Gasteiger partial charge in [0.05, 0.1) is 19.9 Å². The molecule has 1 aliphatic heterocycles. The Hall–Kier alpha value is -3.28. The van der Waals surface area contributed by atoms with Crippen molar-refractivity contribution in [2.75, 3.05) is 19.5 Å². The summed E-state index contributed by atoms with van der Waals surface area (Å²) in [4.78, 5) is 17.4. The molecule has 0 aliphatic carbocycles. The Bertz CT molecular complexity index is 1230. The quantitative estimate of drug-likeness (QED) is 0.519. The van der Waals surface area contributed by atoms with Crippen LogP contribution in [0.2, 0.25) is 0 Å². The average molecular weight is 448 g/mol. The topological polar surface area (TPSA) is 65.4 Å². The van der Waals surface area contributed by atoms with Crippen LogP contribution < -0.4 is 20.5 Å². The Morgan fingerprint density at radius 1 is 0.939 bits per heavy atom. The van der Waals surface area contributed by atoms with Crippen LogP contribution in [0.5, 0.6) is 11.5 Å². The van der Waals surface area contributed by atoms with Crippen molar-refractivity contribution in [3.05, 3.63) is 63.1 Å². The van der Waals surface area contributed by atoms with Crippen LogP contribution in [-0.4, -0.2) is 23.8 Å². The highest BCUT2D eigenvalue weighted by atomic mass is 16.5. The van der Waals surface area contributed by atoms with Gasteiger partial charge in [0.25, 0.3) is 0 Å². The third-order valence-electron chi connectivity index (χ3n) is 6.34. The highest BCUT2D eigenvalue weighted by molar-refractivity contribution is 5.74. The molecule has 1 N–H and O–H groups in total. The van der Waals surface area contributed by atoms with Gasteiger partial charge in [0.2, 0.25) is 0 Å². The first-order chi connectivity index (χ1) is 15.7. The molecule has 0 saturated heterocycles. The van der Waals surface area contributed by atoms with Gasteiger partial charge in [0.1, 0.15) is 5.82 Å². The van der Waals surface area contributed by atoms with E-state index >= 15 is 0 Å². The summed E-state index contributed by atoms with van der Waals surface area (Å²) in [6.45, 7) is 11.5. The first-order valence-corrected chi connectivity index (χ1v) is 11.5. The van der Waals surface area contributed by atoms with Crippen molar-refractivity contribution < 1.29 is 9.47 Å². The number of nitrogens with one attached hydrogen (secondary N) is 1. The van der Waals surface area contributed by atoms with Crippen LogP contribution in [0.4, 0.5) is 11.5 Å². The summed E-state index contributed by atoms with van der Waals surface area (Å²) in [5.41, 5.74) is 7.43. The molecule has 3 aromatic rings. The van der Waals surface area contributed by atoms with Crippen LogP contribution in [0.25, 0.3) is 11.3 Å². The monoisotopic (exact) mass is 447 g/mol. The first kappa shape index (κ1) is 22.9. The molecule has 174 valence electrons. The van der Waals surface area contributed by atoms with E-state index < -0.39 is 0 Å². The molecule has 2 heterocycles. The first-order valence-electron chi connectivity index (χ1n) is 11.5. The highest BCUT2D eigenvalue weighted by Crippen LogP contribution is 2.39. The summed E-state index contributed by atoms with van der Waals surface area (Å²) in [7, 11) is 3.26. The molecule has 1 aliphatic rings. The minimum atomic E-state index is -0.250. The standard InChI is InChI=1S/C27H33N3O3/c1-15(2)19-10-17(5)11-20(16(3)4)26(19)28-25-14-22-21-13-24(33-7)23(32-6)12-18(21)8-9-30(22)27(31)29-25/h10-16H,8-9H2,1-7H3,(H,28,29,31). The number of hydrogen-bond donors (Lipinski definition) is 1. The van der Waals surface area contributed by atoms with Gasteiger partial charge in [-0.1, -0.05) is 45.4 Å². The number of fused-ring (bicyclic) bond motifs is 3. The Morgan fingerprint density at radius 3 is 2.12 bits per heavy atom. The molecule has 0 amide bonds. The molecular formula is C27H33N3O3. The number of anilines is 2. The number of ether oxygens (including phenoxy) is 2. The molecule has 2 aromatic carbocycles. The molecule has 33 heavy (non-hydrogen) atoms. The molecule has 0 bridgehead atoms. The van der Waals surface area contributed by atoms with Gasteiger partial charge in [-0.3, -0.25) is 4.57 Å². The minimum absolute atomic E-state index is 0.250. The van der Waals surface area contributed by atoms with E-state index in [0.29, 0.717) is 35.7 Å². The number of rotatable bonds is 6. The lowest BCUT2D eigenvalue weighted by atomic mass is 9.90. The minimum Gasteiger partial charge on any atom is -0.493 e. The SMILES string of the molecule is COc1cc2c(cc1OC)-c1cc(Nc3c(C(C)C)cc(C)cc3C(C)C)nc(=O)n1CC2. The number of hydrogen-bond acceptors (Lipinski definition) is 5. The van der Waals surface area contributed by atoms with Crippen LogP contribution in [-0.2, 0) is 13.0 Å². The number of aromatic nitrogens is 2. The predicted molar refractivity (Wildman–Crippen MR) is 133 cm³/mol. The van der Waals surface area contributed by atoms with Gasteiger partial charge in [-0.15, -0.1) is 0 Å². The average Bonchev–Trinajstić information content (AvgIpc) is 2.78. The van der Waals surface area contributed by atoms with E-state index in [9.17, 15) is 4.79 Å². The fourth-order valence-corrected chi connectivity index (χ4v) is 4.63. The van der Waals surface area contributed by atoms with Gasteiger partial charge in [0, 0.05) is 23.9 Å². The lowest BCUT2D eigenvalue weighted by Crippen LogP contribution is -2.29. The maximum absolute atomic E-state index is 13.0. The molecule has 4 rings (SSSR count). The molecule has 0 atom stereocenters. The number of aryl methyl sites for hydroxylation is 2. The predicted octanol–water partition coefficient (Wildman–Crippen LogP) is 5.78. The van der Waals surface area contributed by atoms with Crippen molar-refractivity contribution in [1.29, 1.82) is 0 Å². The maximum Gasteiger partial charge on any atom is 0.350 e. The Kier molecular flexibility index (Phi) is 6.19. The molecular weight excluding hydrogens is 414 g/mol. The van der Waals surface area contributed by atoms with E-state index in [-0.39, 0.29) is 5.69 Å². The maximum atomic E-state index is 13.0. The molecule has 0 spiro atoms. The van der Waals surface area contributed by atoms with Gasteiger partial charge >= 0.3 is 5.69 Å². The summed E-state index contributed by atoms with van der Waals surface area (Å²) in [5, 5.41) is 3.52. The summed E-state index contributed by atoms with van der Waals surface area (Å²) in [5.74, 6) is 2.57. The molecule has 0 radical (unpaired) electrons. The van der Waals surface area contributed by atoms with Gasteiger partial charge in [-0.05, 0) is 54.0 Å². The lowest BCUT2D eigenvalue weighted by Gasteiger charge is -2.25. The molecule has 6 nitrogen and oxygen atoms in total. The van der Waals surface area contributed by atoms with Gasteiger partial charge in [-0.25, -0.2) is 4.79 Å². The van der Waals surface area contributed by atoms with Crippen molar-refractivity contribution in [3.63, 3.8) is 0 Å². The molecule has 6 heteroatoms. The van der Waals surface area contributed by atoms with E-state index in [1.165, 1.54) is 16.7 Å². The molecule has 1 aromatic heterocycles.